The Bertz CT molecular complexity index is 824. The molecule has 5 heteroatoms. The maximum Gasteiger partial charge on any atom is 0.319 e. The number of amides is 2. The second-order valence-electron chi connectivity index (χ2n) is 6.81. The number of hydrogen-bond acceptors (Lipinski definition) is 2. The fourth-order valence-electron chi connectivity index (χ4n) is 2.73. The number of rotatable bonds is 5. The third-order valence-electron chi connectivity index (χ3n) is 3.95. The lowest BCUT2D eigenvalue weighted by atomic mass is 9.86. The molecule has 0 spiro atoms. The molecule has 0 bridgehead atoms. The second-order valence-corrected chi connectivity index (χ2v) is 6.81. The van der Waals surface area contributed by atoms with E-state index in [-0.39, 0.29) is 11.4 Å². The number of urea groups is 1. The van der Waals surface area contributed by atoms with Gasteiger partial charge in [-0.3, -0.25) is 5.10 Å². The van der Waals surface area contributed by atoms with Gasteiger partial charge in [0.1, 0.15) is 0 Å². The van der Waals surface area contributed by atoms with E-state index >= 15 is 0 Å². The van der Waals surface area contributed by atoms with E-state index in [1.807, 2.05) is 36.4 Å². The third-order valence-corrected chi connectivity index (χ3v) is 3.95. The number of H-pyrrole nitrogens is 1. The number of carbonyl (C=O) groups excluding carboxylic acids is 1. The number of nitrogens with zero attached hydrogens (tertiary/aromatic N) is 1. The number of anilines is 1. The molecule has 0 aliphatic heterocycles. The Morgan fingerprint density at radius 2 is 1.96 bits per heavy atom. The van der Waals surface area contributed by atoms with Crippen molar-refractivity contribution in [2.75, 3.05) is 11.9 Å². The van der Waals surface area contributed by atoms with Gasteiger partial charge >= 0.3 is 6.03 Å². The highest BCUT2D eigenvalue weighted by molar-refractivity contribution is 5.92. The Hall–Kier alpha value is -2.82. The largest absolute Gasteiger partial charge is 0.337 e. The molecule has 1 heterocycles. The summed E-state index contributed by atoms with van der Waals surface area (Å²) in [5, 5.41) is 13.7. The molecule has 24 heavy (non-hydrogen) atoms. The van der Waals surface area contributed by atoms with Crippen LogP contribution in [0.4, 0.5) is 10.5 Å². The molecule has 0 atom stereocenters. The van der Waals surface area contributed by atoms with E-state index in [0.29, 0.717) is 6.54 Å². The smallest absolute Gasteiger partial charge is 0.319 e. The van der Waals surface area contributed by atoms with Crippen LogP contribution < -0.4 is 10.6 Å². The van der Waals surface area contributed by atoms with E-state index < -0.39 is 0 Å². The molecule has 0 aliphatic carbocycles. The summed E-state index contributed by atoms with van der Waals surface area (Å²) < 4.78 is 0. The van der Waals surface area contributed by atoms with Gasteiger partial charge in [-0.25, -0.2) is 4.79 Å². The summed E-state index contributed by atoms with van der Waals surface area (Å²) in [6, 6.07) is 15.8. The molecule has 3 N–H and O–H groups in total. The molecule has 124 valence electrons. The lowest BCUT2D eigenvalue weighted by Crippen LogP contribution is -2.37. The van der Waals surface area contributed by atoms with Gasteiger partial charge in [0.05, 0.1) is 11.7 Å². The highest BCUT2D eigenvalue weighted by Gasteiger charge is 2.19. The lowest BCUT2D eigenvalue weighted by molar-refractivity contribution is 0.244. The number of fused-ring (bicyclic) bond motifs is 1. The standard InChI is InChI=1S/C19H22N4O/c1-19(2,11-14-6-4-3-5-7-14)13-20-18(24)22-16-8-9-17-15(10-16)12-21-23-17/h3-10,12H,11,13H2,1-2H3,(H,21,23)(H2,20,22,24). The molecule has 5 nitrogen and oxygen atoms in total. The van der Waals surface area contributed by atoms with Crippen LogP contribution in [0.1, 0.15) is 19.4 Å². The van der Waals surface area contributed by atoms with Crippen LogP contribution >= 0.6 is 0 Å². The normalized spacial score (nSPS) is 11.4. The first-order valence-electron chi connectivity index (χ1n) is 8.04. The number of aromatic nitrogens is 2. The van der Waals surface area contributed by atoms with E-state index in [1.54, 1.807) is 6.20 Å². The summed E-state index contributed by atoms with van der Waals surface area (Å²) in [5.74, 6) is 0. The van der Waals surface area contributed by atoms with Crippen LogP contribution in [-0.4, -0.2) is 22.8 Å². The molecule has 3 aromatic rings. The molecule has 0 saturated carbocycles. The quantitative estimate of drug-likeness (QED) is 0.665. The molecule has 0 unspecified atom stereocenters. The summed E-state index contributed by atoms with van der Waals surface area (Å²) in [5.41, 5.74) is 2.95. The Kier molecular flexibility index (Phi) is 4.51. The van der Waals surface area contributed by atoms with Gasteiger partial charge < -0.3 is 10.6 Å². The summed E-state index contributed by atoms with van der Waals surface area (Å²) in [4.78, 5) is 12.1. The first kappa shape index (κ1) is 16.1. The monoisotopic (exact) mass is 322 g/mol. The highest BCUT2D eigenvalue weighted by Crippen LogP contribution is 2.21. The number of benzene rings is 2. The van der Waals surface area contributed by atoms with Crippen LogP contribution in [0.25, 0.3) is 10.9 Å². The average molecular weight is 322 g/mol. The van der Waals surface area contributed by atoms with Crippen molar-refractivity contribution in [1.29, 1.82) is 0 Å². The van der Waals surface area contributed by atoms with Gasteiger partial charge in [0.2, 0.25) is 0 Å². The summed E-state index contributed by atoms with van der Waals surface area (Å²) in [7, 11) is 0. The van der Waals surface area contributed by atoms with Gasteiger partial charge in [-0.1, -0.05) is 44.2 Å². The van der Waals surface area contributed by atoms with Crippen molar-refractivity contribution in [3.63, 3.8) is 0 Å². The fourth-order valence-corrected chi connectivity index (χ4v) is 2.73. The summed E-state index contributed by atoms with van der Waals surface area (Å²) in [6.07, 6.45) is 2.65. The SMILES string of the molecule is CC(C)(CNC(=O)Nc1ccc2[nH]ncc2c1)Cc1ccccc1. The minimum atomic E-state index is -0.195. The Labute approximate surface area is 141 Å². The number of nitrogens with one attached hydrogen (secondary N) is 3. The molecule has 0 saturated heterocycles. The molecule has 0 fully saturated rings. The van der Waals surface area contributed by atoms with Gasteiger partial charge in [-0.15, -0.1) is 0 Å². The lowest BCUT2D eigenvalue weighted by Gasteiger charge is -2.25. The molecular weight excluding hydrogens is 300 g/mol. The number of aromatic amines is 1. The van der Waals surface area contributed by atoms with E-state index in [4.69, 9.17) is 0 Å². The molecule has 0 radical (unpaired) electrons. The van der Waals surface area contributed by atoms with Crippen LogP contribution in [0.2, 0.25) is 0 Å². The van der Waals surface area contributed by atoms with E-state index in [9.17, 15) is 4.79 Å². The van der Waals surface area contributed by atoms with Crippen molar-refractivity contribution >= 4 is 22.6 Å². The van der Waals surface area contributed by atoms with Crippen molar-refractivity contribution in [3.8, 4) is 0 Å². The Morgan fingerprint density at radius 1 is 1.17 bits per heavy atom. The number of carbonyl (C=O) groups is 1. The zero-order valence-electron chi connectivity index (χ0n) is 14.0. The van der Waals surface area contributed by atoms with Crippen molar-refractivity contribution in [3.05, 3.63) is 60.3 Å². The van der Waals surface area contributed by atoms with E-state index in [2.05, 4.69) is 46.8 Å². The van der Waals surface area contributed by atoms with Gasteiger partial charge in [-0.2, -0.15) is 5.10 Å². The maximum atomic E-state index is 12.1. The minimum absolute atomic E-state index is 0.0206. The molecule has 0 aliphatic rings. The van der Waals surface area contributed by atoms with Crippen LogP contribution in [0.15, 0.2) is 54.7 Å². The third kappa shape index (κ3) is 4.13. The topological polar surface area (TPSA) is 69.8 Å². The zero-order valence-corrected chi connectivity index (χ0v) is 14.0. The Morgan fingerprint density at radius 3 is 2.75 bits per heavy atom. The first-order chi connectivity index (χ1) is 11.5. The first-order valence-corrected chi connectivity index (χ1v) is 8.04. The van der Waals surface area contributed by atoms with Crippen LogP contribution in [0, 0.1) is 5.41 Å². The minimum Gasteiger partial charge on any atom is -0.337 e. The average Bonchev–Trinajstić information content (AvgIpc) is 3.01. The molecule has 2 amide bonds. The molecule has 1 aromatic heterocycles. The number of hydrogen-bond donors (Lipinski definition) is 3. The van der Waals surface area contributed by atoms with E-state index in [0.717, 1.165) is 23.0 Å². The van der Waals surface area contributed by atoms with Gasteiger partial charge in [0, 0.05) is 17.6 Å². The van der Waals surface area contributed by atoms with Gasteiger partial charge in [-0.05, 0) is 35.6 Å². The van der Waals surface area contributed by atoms with Crippen LogP contribution in [0.3, 0.4) is 0 Å². The van der Waals surface area contributed by atoms with Crippen LogP contribution in [0.5, 0.6) is 0 Å². The summed E-state index contributed by atoms with van der Waals surface area (Å²) >= 11 is 0. The van der Waals surface area contributed by atoms with E-state index in [1.165, 1.54) is 5.56 Å². The predicted molar refractivity (Wildman–Crippen MR) is 97.0 cm³/mol. The Balaban J connectivity index is 1.54. The van der Waals surface area contributed by atoms with Crippen LogP contribution in [-0.2, 0) is 6.42 Å². The molecular formula is C19H22N4O. The zero-order chi connectivity index (χ0) is 17.0. The van der Waals surface area contributed by atoms with Gasteiger partial charge in [0.25, 0.3) is 0 Å². The highest BCUT2D eigenvalue weighted by atomic mass is 16.2. The van der Waals surface area contributed by atoms with Crippen molar-refractivity contribution in [2.45, 2.75) is 20.3 Å². The second kappa shape index (κ2) is 6.74. The maximum absolute atomic E-state index is 12.1. The van der Waals surface area contributed by atoms with Crippen molar-refractivity contribution < 1.29 is 4.79 Å². The van der Waals surface area contributed by atoms with Crippen molar-refractivity contribution in [2.24, 2.45) is 5.41 Å². The van der Waals surface area contributed by atoms with Gasteiger partial charge in [0.15, 0.2) is 0 Å². The van der Waals surface area contributed by atoms with Crippen molar-refractivity contribution in [1.82, 2.24) is 15.5 Å². The molecule has 2 aromatic carbocycles. The molecule has 3 rings (SSSR count). The fraction of sp³-hybridized carbons (Fsp3) is 0.263. The predicted octanol–water partition coefficient (Wildman–Crippen LogP) is 3.95. The summed E-state index contributed by atoms with van der Waals surface area (Å²) in [6.45, 7) is 4.90.